The van der Waals surface area contributed by atoms with E-state index in [1.54, 1.807) is 31.4 Å². The van der Waals surface area contributed by atoms with Gasteiger partial charge < -0.3 is 19.8 Å². The fourth-order valence-corrected chi connectivity index (χ4v) is 3.19. The van der Waals surface area contributed by atoms with Crippen LogP contribution < -0.4 is 10.6 Å². The van der Waals surface area contributed by atoms with Crippen LogP contribution in [0.5, 0.6) is 0 Å². The summed E-state index contributed by atoms with van der Waals surface area (Å²) in [5.41, 5.74) is 2.05. The minimum absolute atomic E-state index is 0.189. The molecule has 2 N–H and O–H groups in total. The summed E-state index contributed by atoms with van der Waals surface area (Å²) in [5, 5.41) is 6.17. The van der Waals surface area contributed by atoms with Gasteiger partial charge in [-0.15, -0.1) is 11.3 Å². The molecule has 0 aliphatic carbocycles. The van der Waals surface area contributed by atoms with Gasteiger partial charge in [-0.3, -0.25) is 9.59 Å². The molecule has 7 heteroatoms. The Morgan fingerprint density at radius 1 is 1.08 bits per heavy atom. The van der Waals surface area contributed by atoms with Gasteiger partial charge in [0.05, 0.1) is 22.7 Å². The van der Waals surface area contributed by atoms with Crippen LogP contribution in [0.2, 0.25) is 0 Å². The highest BCUT2D eigenvalue weighted by Gasteiger charge is 2.13. The molecule has 0 aliphatic heterocycles. The second-order valence-electron chi connectivity index (χ2n) is 5.53. The number of methoxy groups -OCH3 is 1. The van der Waals surface area contributed by atoms with Crippen LogP contribution in [0.25, 0.3) is 0 Å². The van der Waals surface area contributed by atoms with E-state index >= 15 is 0 Å². The highest BCUT2D eigenvalue weighted by atomic mass is 32.1. The van der Waals surface area contributed by atoms with Gasteiger partial charge in [0, 0.05) is 13.7 Å². The number of rotatable bonds is 7. The summed E-state index contributed by atoms with van der Waals surface area (Å²) in [6.45, 7) is 0.952. The van der Waals surface area contributed by atoms with Crippen LogP contribution in [0.3, 0.4) is 0 Å². The van der Waals surface area contributed by atoms with Crippen molar-refractivity contribution in [3.05, 3.63) is 76.6 Å². The number of carbonyl (C=O) groups is 2. The Kier molecular flexibility index (Phi) is 5.83. The molecule has 0 unspecified atom stereocenters. The summed E-state index contributed by atoms with van der Waals surface area (Å²) in [7, 11) is 1.65. The lowest BCUT2D eigenvalue weighted by Crippen LogP contribution is -2.21. The van der Waals surface area contributed by atoms with E-state index in [0.717, 1.165) is 11.1 Å². The molecular formula is C19H18N2O4S. The number of nitrogens with one attached hydrogen (secondary N) is 2. The molecule has 2 aromatic heterocycles. The number of carbonyl (C=O) groups excluding carboxylic acids is 2. The minimum atomic E-state index is -0.348. The molecule has 0 saturated heterocycles. The molecule has 134 valence electrons. The number of furan rings is 1. The third kappa shape index (κ3) is 4.59. The summed E-state index contributed by atoms with van der Waals surface area (Å²) >= 11 is 1.21. The van der Waals surface area contributed by atoms with Gasteiger partial charge in [-0.25, -0.2) is 0 Å². The molecule has 3 aromatic rings. The lowest BCUT2D eigenvalue weighted by molar-refractivity contribution is 0.0953. The van der Waals surface area contributed by atoms with E-state index in [1.165, 1.54) is 17.6 Å². The van der Waals surface area contributed by atoms with Crippen LogP contribution in [0.1, 0.15) is 31.4 Å². The van der Waals surface area contributed by atoms with Gasteiger partial charge >= 0.3 is 0 Å². The van der Waals surface area contributed by atoms with E-state index in [-0.39, 0.29) is 17.6 Å². The van der Waals surface area contributed by atoms with Gasteiger partial charge in [0.15, 0.2) is 5.76 Å². The summed E-state index contributed by atoms with van der Waals surface area (Å²) < 4.78 is 10.2. The maximum Gasteiger partial charge on any atom is 0.291 e. The van der Waals surface area contributed by atoms with Crippen LogP contribution >= 0.6 is 11.3 Å². The first kappa shape index (κ1) is 17.9. The van der Waals surface area contributed by atoms with Gasteiger partial charge in [0.2, 0.25) is 0 Å². The molecule has 6 nitrogen and oxygen atoms in total. The molecular weight excluding hydrogens is 352 g/mol. The standard InChI is InChI=1S/C19H18N2O4S/c1-24-12-14-5-2-4-13(10-14)11-20-19(23)16-7-8-17(26-16)21-18(22)15-6-3-9-25-15/h2-10H,11-12H2,1H3,(H,20,23)(H,21,22). The van der Waals surface area contributed by atoms with Crippen molar-refractivity contribution in [2.24, 2.45) is 0 Å². The van der Waals surface area contributed by atoms with Gasteiger partial charge in [-0.2, -0.15) is 0 Å². The maximum atomic E-state index is 12.3. The van der Waals surface area contributed by atoms with E-state index in [1.807, 2.05) is 24.3 Å². The zero-order valence-corrected chi connectivity index (χ0v) is 15.0. The second-order valence-corrected chi connectivity index (χ2v) is 6.61. The highest BCUT2D eigenvalue weighted by Crippen LogP contribution is 2.22. The lowest BCUT2D eigenvalue weighted by Gasteiger charge is -2.06. The molecule has 0 saturated carbocycles. The zero-order chi connectivity index (χ0) is 18.4. The van der Waals surface area contributed by atoms with Crippen molar-refractivity contribution in [1.82, 2.24) is 5.32 Å². The molecule has 1 aromatic carbocycles. The zero-order valence-electron chi connectivity index (χ0n) is 14.2. The molecule has 0 radical (unpaired) electrons. The Bertz CT molecular complexity index is 887. The SMILES string of the molecule is COCc1cccc(CNC(=O)c2ccc(NC(=O)c3ccco3)s2)c1. The van der Waals surface area contributed by atoms with E-state index < -0.39 is 0 Å². The van der Waals surface area contributed by atoms with Crippen LogP contribution in [0.15, 0.2) is 59.2 Å². The van der Waals surface area contributed by atoms with Crippen molar-refractivity contribution in [3.63, 3.8) is 0 Å². The summed E-state index contributed by atoms with van der Waals surface area (Å²) in [4.78, 5) is 24.8. The Morgan fingerprint density at radius 2 is 1.92 bits per heavy atom. The number of amides is 2. The second kappa shape index (κ2) is 8.46. The molecule has 0 atom stereocenters. The quantitative estimate of drug-likeness (QED) is 0.665. The summed E-state index contributed by atoms with van der Waals surface area (Å²) in [5.74, 6) is -0.315. The van der Waals surface area contributed by atoms with Gasteiger partial charge in [-0.1, -0.05) is 24.3 Å². The van der Waals surface area contributed by atoms with Gasteiger partial charge in [-0.05, 0) is 35.4 Å². The molecule has 2 heterocycles. The molecule has 0 fully saturated rings. The molecule has 26 heavy (non-hydrogen) atoms. The first-order chi connectivity index (χ1) is 12.7. The minimum Gasteiger partial charge on any atom is -0.459 e. The van der Waals surface area contributed by atoms with E-state index in [2.05, 4.69) is 10.6 Å². The monoisotopic (exact) mass is 370 g/mol. The smallest absolute Gasteiger partial charge is 0.291 e. The number of ether oxygens (including phenoxy) is 1. The Hall–Kier alpha value is -2.90. The highest BCUT2D eigenvalue weighted by molar-refractivity contribution is 7.18. The van der Waals surface area contributed by atoms with Crippen molar-refractivity contribution in [2.45, 2.75) is 13.2 Å². The van der Waals surface area contributed by atoms with Gasteiger partial charge in [0.1, 0.15) is 0 Å². The Balaban J connectivity index is 1.56. The largest absolute Gasteiger partial charge is 0.459 e. The molecule has 0 bridgehead atoms. The summed E-state index contributed by atoms with van der Waals surface area (Å²) in [6, 6.07) is 14.4. The first-order valence-electron chi connectivity index (χ1n) is 7.95. The van der Waals surface area contributed by atoms with Crippen LogP contribution in [0.4, 0.5) is 5.00 Å². The third-order valence-electron chi connectivity index (χ3n) is 3.57. The molecule has 0 spiro atoms. The molecule has 3 rings (SSSR count). The van der Waals surface area contributed by atoms with Crippen LogP contribution in [-0.4, -0.2) is 18.9 Å². The number of anilines is 1. The van der Waals surface area contributed by atoms with E-state index in [9.17, 15) is 9.59 Å². The first-order valence-corrected chi connectivity index (χ1v) is 8.77. The number of thiophene rings is 1. The number of benzene rings is 1. The average molecular weight is 370 g/mol. The topological polar surface area (TPSA) is 80.6 Å². The predicted octanol–water partition coefficient (Wildman–Crippen LogP) is 3.67. The lowest BCUT2D eigenvalue weighted by atomic mass is 10.1. The van der Waals surface area contributed by atoms with Crippen molar-refractivity contribution in [3.8, 4) is 0 Å². The maximum absolute atomic E-state index is 12.3. The van der Waals surface area contributed by atoms with E-state index in [0.29, 0.717) is 23.0 Å². The Morgan fingerprint density at radius 3 is 2.69 bits per heavy atom. The number of hydrogen-bond donors (Lipinski definition) is 2. The van der Waals surface area contributed by atoms with Crippen molar-refractivity contribution < 1.29 is 18.7 Å². The van der Waals surface area contributed by atoms with Crippen molar-refractivity contribution in [2.75, 3.05) is 12.4 Å². The summed E-state index contributed by atoms with van der Waals surface area (Å²) in [6.07, 6.45) is 1.43. The Labute approximate surface area is 154 Å². The fraction of sp³-hybridized carbons (Fsp3) is 0.158. The fourth-order valence-electron chi connectivity index (χ4n) is 2.37. The third-order valence-corrected chi connectivity index (χ3v) is 4.57. The average Bonchev–Trinajstić information content (AvgIpc) is 3.32. The predicted molar refractivity (Wildman–Crippen MR) is 99.3 cm³/mol. The van der Waals surface area contributed by atoms with Gasteiger partial charge in [0.25, 0.3) is 11.8 Å². The van der Waals surface area contributed by atoms with Crippen LogP contribution in [0, 0.1) is 0 Å². The normalized spacial score (nSPS) is 10.5. The molecule has 2 amide bonds. The van der Waals surface area contributed by atoms with Crippen molar-refractivity contribution in [1.29, 1.82) is 0 Å². The molecule has 0 aliphatic rings. The van der Waals surface area contributed by atoms with Crippen molar-refractivity contribution >= 4 is 28.2 Å². The number of hydrogen-bond acceptors (Lipinski definition) is 5. The van der Waals surface area contributed by atoms with E-state index in [4.69, 9.17) is 9.15 Å². The van der Waals surface area contributed by atoms with Crippen LogP contribution in [-0.2, 0) is 17.9 Å².